The van der Waals surface area contributed by atoms with Crippen molar-refractivity contribution in [2.75, 3.05) is 13.1 Å². The lowest BCUT2D eigenvalue weighted by Crippen LogP contribution is -2.51. The Kier molecular flexibility index (Phi) is 8.38. The molecule has 7 heteroatoms. The number of nitrogens with one attached hydrogen (secondary N) is 1. The molecule has 1 aromatic carbocycles. The molecule has 1 rings (SSSR count). The number of hydrogen-bond acceptors (Lipinski definition) is 4. The zero-order valence-corrected chi connectivity index (χ0v) is 15.2. The molecule has 0 aliphatic carbocycles. The third kappa shape index (κ3) is 6.72. The molecular formula is C18H27BN2O4. The second-order valence-corrected chi connectivity index (χ2v) is 6.19. The van der Waals surface area contributed by atoms with Crippen LogP contribution in [0.2, 0.25) is 0 Å². The van der Waals surface area contributed by atoms with Crippen molar-refractivity contribution in [2.24, 2.45) is 0 Å². The summed E-state index contributed by atoms with van der Waals surface area (Å²) in [5.74, 6) is -1.62. The van der Waals surface area contributed by atoms with Gasteiger partial charge in [-0.25, -0.2) is 0 Å². The maximum absolute atomic E-state index is 12.2. The van der Waals surface area contributed by atoms with Gasteiger partial charge in [0.2, 0.25) is 11.8 Å². The Hall–Kier alpha value is -2.12. The molecule has 0 heterocycles. The standard InChI is InChI=1S/C18H27BN2O4/c1-5-9-21(18(23)6-2)12-17(22)20-16(19(24)25)11-15-8-7-13(3)10-14(15)4/h6-8,10,16,24-25H,2,5,9,11-12H2,1,3-4H3,(H,20,22)/t16-/m0/s1. The van der Waals surface area contributed by atoms with Crippen LogP contribution in [-0.4, -0.2) is 52.9 Å². The summed E-state index contributed by atoms with van der Waals surface area (Å²) in [5.41, 5.74) is 3.07. The van der Waals surface area contributed by atoms with E-state index in [-0.39, 0.29) is 12.5 Å². The average Bonchev–Trinajstić information content (AvgIpc) is 2.55. The normalized spacial score (nSPS) is 11.6. The van der Waals surface area contributed by atoms with Gasteiger partial charge in [-0.1, -0.05) is 37.3 Å². The van der Waals surface area contributed by atoms with Gasteiger partial charge in [0.25, 0.3) is 0 Å². The van der Waals surface area contributed by atoms with E-state index in [1.54, 1.807) is 0 Å². The maximum Gasteiger partial charge on any atom is 0.475 e. The van der Waals surface area contributed by atoms with Crippen LogP contribution in [0.5, 0.6) is 0 Å². The number of benzene rings is 1. The van der Waals surface area contributed by atoms with E-state index in [4.69, 9.17) is 0 Å². The molecule has 25 heavy (non-hydrogen) atoms. The van der Waals surface area contributed by atoms with Crippen molar-refractivity contribution in [1.29, 1.82) is 0 Å². The lowest BCUT2D eigenvalue weighted by atomic mass is 9.75. The number of nitrogens with zero attached hydrogens (tertiary/aromatic N) is 1. The summed E-state index contributed by atoms with van der Waals surface area (Å²) in [6.07, 6.45) is 2.16. The lowest BCUT2D eigenvalue weighted by Gasteiger charge is -2.23. The summed E-state index contributed by atoms with van der Waals surface area (Å²) in [6.45, 7) is 9.55. The first-order valence-electron chi connectivity index (χ1n) is 8.41. The van der Waals surface area contributed by atoms with E-state index in [0.29, 0.717) is 19.4 Å². The largest absolute Gasteiger partial charge is 0.475 e. The maximum atomic E-state index is 12.2. The van der Waals surface area contributed by atoms with Crippen molar-refractivity contribution < 1.29 is 19.6 Å². The number of aryl methyl sites for hydroxylation is 2. The summed E-state index contributed by atoms with van der Waals surface area (Å²) in [7, 11) is -1.70. The first-order valence-corrected chi connectivity index (χ1v) is 8.41. The van der Waals surface area contributed by atoms with E-state index in [1.807, 2.05) is 39.0 Å². The van der Waals surface area contributed by atoms with Crippen LogP contribution in [0.25, 0.3) is 0 Å². The van der Waals surface area contributed by atoms with E-state index in [2.05, 4.69) is 11.9 Å². The van der Waals surface area contributed by atoms with Gasteiger partial charge in [0, 0.05) is 6.54 Å². The van der Waals surface area contributed by atoms with Crippen molar-refractivity contribution in [2.45, 2.75) is 39.6 Å². The van der Waals surface area contributed by atoms with Crippen molar-refractivity contribution in [1.82, 2.24) is 10.2 Å². The highest BCUT2D eigenvalue weighted by atomic mass is 16.4. The van der Waals surface area contributed by atoms with Crippen molar-refractivity contribution in [3.05, 3.63) is 47.5 Å². The van der Waals surface area contributed by atoms with Crippen LogP contribution in [0.4, 0.5) is 0 Å². The van der Waals surface area contributed by atoms with Crippen LogP contribution >= 0.6 is 0 Å². The highest BCUT2D eigenvalue weighted by Crippen LogP contribution is 2.13. The summed E-state index contributed by atoms with van der Waals surface area (Å²) >= 11 is 0. The van der Waals surface area contributed by atoms with E-state index in [1.165, 1.54) is 4.90 Å². The van der Waals surface area contributed by atoms with Gasteiger partial charge in [0.1, 0.15) is 0 Å². The SMILES string of the molecule is C=CC(=O)N(CCC)CC(=O)N[C@@H](Cc1ccc(C)cc1C)B(O)O. The van der Waals surface area contributed by atoms with Crippen molar-refractivity contribution >= 4 is 18.9 Å². The van der Waals surface area contributed by atoms with E-state index in [0.717, 1.165) is 22.8 Å². The summed E-state index contributed by atoms with van der Waals surface area (Å²) < 4.78 is 0. The third-order valence-electron chi connectivity index (χ3n) is 3.96. The Labute approximate surface area is 149 Å². The minimum absolute atomic E-state index is 0.144. The highest BCUT2D eigenvalue weighted by Gasteiger charge is 2.27. The molecule has 0 saturated heterocycles. The smallest absolute Gasteiger partial charge is 0.426 e. The van der Waals surface area contributed by atoms with Gasteiger partial charge >= 0.3 is 7.12 Å². The molecule has 136 valence electrons. The minimum atomic E-state index is -1.70. The molecule has 1 aromatic rings. The number of carbonyl (C=O) groups excluding carboxylic acids is 2. The zero-order chi connectivity index (χ0) is 19.0. The Morgan fingerprint density at radius 3 is 2.56 bits per heavy atom. The van der Waals surface area contributed by atoms with Gasteiger partial charge in [0.15, 0.2) is 0 Å². The van der Waals surface area contributed by atoms with E-state index < -0.39 is 19.0 Å². The fraction of sp³-hybridized carbons (Fsp3) is 0.444. The molecule has 0 unspecified atom stereocenters. The van der Waals surface area contributed by atoms with E-state index in [9.17, 15) is 19.6 Å². The third-order valence-corrected chi connectivity index (χ3v) is 3.96. The Balaban J connectivity index is 2.78. The molecule has 6 nitrogen and oxygen atoms in total. The van der Waals surface area contributed by atoms with Gasteiger partial charge in [-0.05, 0) is 43.9 Å². The van der Waals surface area contributed by atoms with Gasteiger partial charge < -0.3 is 20.3 Å². The van der Waals surface area contributed by atoms with E-state index >= 15 is 0 Å². The average molecular weight is 346 g/mol. The van der Waals surface area contributed by atoms with Crippen LogP contribution in [0, 0.1) is 13.8 Å². The molecule has 0 saturated carbocycles. The fourth-order valence-electron chi connectivity index (χ4n) is 2.63. The molecule has 0 aromatic heterocycles. The number of amides is 2. The molecule has 3 N–H and O–H groups in total. The quantitative estimate of drug-likeness (QED) is 0.455. The monoisotopic (exact) mass is 346 g/mol. The van der Waals surface area contributed by atoms with Crippen molar-refractivity contribution in [3.8, 4) is 0 Å². The second kappa shape index (κ2) is 10.0. The number of carbonyl (C=O) groups is 2. The first kappa shape index (κ1) is 20.9. The molecule has 0 aliphatic heterocycles. The second-order valence-electron chi connectivity index (χ2n) is 6.19. The predicted molar refractivity (Wildman–Crippen MR) is 98.8 cm³/mol. The highest BCUT2D eigenvalue weighted by molar-refractivity contribution is 6.43. The van der Waals surface area contributed by atoms with Crippen LogP contribution in [0.15, 0.2) is 30.9 Å². The lowest BCUT2D eigenvalue weighted by molar-refractivity contribution is -0.132. The first-order chi connectivity index (χ1) is 11.8. The fourth-order valence-corrected chi connectivity index (χ4v) is 2.63. The van der Waals surface area contributed by atoms with Crippen LogP contribution < -0.4 is 5.32 Å². The van der Waals surface area contributed by atoms with Gasteiger partial charge in [-0.15, -0.1) is 0 Å². The molecular weight excluding hydrogens is 319 g/mol. The van der Waals surface area contributed by atoms with Gasteiger partial charge in [0.05, 0.1) is 12.5 Å². The summed E-state index contributed by atoms with van der Waals surface area (Å²) in [6, 6.07) is 5.86. The Bertz CT molecular complexity index is 619. The molecule has 0 radical (unpaired) electrons. The van der Waals surface area contributed by atoms with Crippen molar-refractivity contribution in [3.63, 3.8) is 0 Å². The minimum Gasteiger partial charge on any atom is -0.426 e. The summed E-state index contributed by atoms with van der Waals surface area (Å²) in [5, 5.41) is 21.8. The Morgan fingerprint density at radius 1 is 1.36 bits per heavy atom. The van der Waals surface area contributed by atoms with Gasteiger partial charge in [-0.3, -0.25) is 9.59 Å². The molecule has 0 fully saturated rings. The van der Waals surface area contributed by atoms with Crippen LogP contribution in [0.1, 0.15) is 30.0 Å². The number of hydrogen-bond donors (Lipinski definition) is 3. The predicted octanol–water partition coefficient (Wildman–Crippen LogP) is 0.767. The summed E-state index contributed by atoms with van der Waals surface area (Å²) in [4.78, 5) is 25.4. The molecule has 0 aliphatic rings. The molecule has 0 spiro atoms. The molecule has 1 atom stereocenters. The van der Waals surface area contributed by atoms with Crippen LogP contribution in [-0.2, 0) is 16.0 Å². The Morgan fingerprint density at radius 2 is 2.04 bits per heavy atom. The molecule has 0 bridgehead atoms. The van der Waals surface area contributed by atoms with Gasteiger partial charge in [-0.2, -0.15) is 0 Å². The molecule has 2 amide bonds. The zero-order valence-electron chi connectivity index (χ0n) is 15.2. The van der Waals surface area contributed by atoms with Crippen LogP contribution in [0.3, 0.4) is 0 Å². The number of rotatable bonds is 9. The topological polar surface area (TPSA) is 89.9 Å².